The molecule has 0 aromatic heterocycles. The van der Waals surface area contributed by atoms with Gasteiger partial charge in [0.25, 0.3) is 5.91 Å². The molecule has 0 aliphatic carbocycles. The molecule has 3 N–H and O–H groups in total. The summed E-state index contributed by atoms with van der Waals surface area (Å²) in [4.78, 5) is 48.3. The molecule has 4 amide bonds. The molecule has 2 rings (SSSR count). The van der Waals surface area contributed by atoms with Gasteiger partial charge in [-0.1, -0.05) is 30.3 Å². The first-order valence-electron chi connectivity index (χ1n) is 8.69. The molecule has 1 aliphatic rings. The predicted molar refractivity (Wildman–Crippen MR) is 98.1 cm³/mol. The summed E-state index contributed by atoms with van der Waals surface area (Å²) >= 11 is 0. The molecule has 1 fully saturated rings. The number of nitrogens with one attached hydrogen (secondary N) is 1. The van der Waals surface area contributed by atoms with Crippen molar-refractivity contribution in [2.24, 2.45) is 11.7 Å². The molecule has 0 saturated carbocycles. The highest BCUT2D eigenvalue weighted by atomic mass is 16.5. The number of likely N-dealkylation sites (tertiary alicyclic amines) is 1. The van der Waals surface area contributed by atoms with Gasteiger partial charge in [0.1, 0.15) is 0 Å². The molecule has 1 aromatic carbocycles. The summed E-state index contributed by atoms with van der Waals surface area (Å²) in [5.41, 5.74) is 5.79. The van der Waals surface area contributed by atoms with Crippen molar-refractivity contribution < 1.29 is 23.9 Å². The van der Waals surface area contributed by atoms with Crippen LogP contribution in [0.2, 0.25) is 0 Å². The maximum Gasteiger partial charge on any atom is 0.318 e. The molecular formula is C19H23N3O5. The number of carbonyl (C=O) groups excluding carboxylic acids is 4. The minimum atomic E-state index is -1.11. The SMILES string of the molecule is CC(OC(=O)C1CCN(C(=O)/C=C/c2ccccc2)CC1)C(=O)NC(N)=O. The van der Waals surface area contributed by atoms with Gasteiger partial charge >= 0.3 is 12.0 Å². The Balaban J connectivity index is 1.79. The number of piperidine rings is 1. The van der Waals surface area contributed by atoms with Crippen LogP contribution in [0.15, 0.2) is 36.4 Å². The second kappa shape index (κ2) is 9.51. The van der Waals surface area contributed by atoms with Crippen LogP contribution < -0.4 is 11.1 Å². The highest BCUT2D eigenvalue weighted by Crippen LogP contribution is 2.20. The van der Waals surface area contributed by atoms with Crippen LogP contribution in [0.4, 0.5) is 4.79 Å². The van der Waals surface area contributed by atoms with Crippen molar-refractivity contribution in [2.45, 2.75) is 25.9 Å². The Bertz CT molecular complexity index is 724. The highest BCUT2D eigenvalue weighted by molar-refractivity contribution is 5.96. The second-order valence-corrected chi connectivity index (χ2v) is 6.28. The standard InChI is InChI=1S/C19H23N3O5/c1-13(17(24)21-19(20)26)27-18(25)15-9-11-22(12-10-15)16(23)8-7-14-5-3-2-4-6-14/h2-8,13,15H,9-12H2,1H3,(H3,20,21,24,26)/b8-7+. The van der Waals surface area contributed by atoms with Crippen molar-refractivity contribution in [3.63, 3.8) is 0 Å². The fourth-order valence-electron chi connectivity index (χ4n) is 2.72. The first kappa shape index (κ1) is 20.2. The molecule has 0 bridgehead atoms. The molecule has 1 saturated heterocycles. The third-order valence-corrected chi connectivity index (χ3v) is 4.27. The van der Waals surface area contributed by atoms with E-state index >= 15 is 0 Å². The molecule has 1 atom stereocenters. The largest absolute Gasteiger partial charge is 0.452 e. The highest BCUT2D eigenvalue weighted by Gasteiger charge is 2.30. The Morgan fingerprint density at radius 1 is 1.19 bits per heavy atom. The molecule has 27 heavy (non-hydrogen) atoms. The monoisotopic (exact) mass is 373 g/mol. The lowest BCUT2D eigenvalue weighted by Crippen LogP contribution is -2.44. The van der Waals surface area contributed by atoms with Gasteiger partial charge in [-0.25, -0.2) is 4.79 Å². The number of ether oxygens (including phenoxy) is 1. The molecule has 144 valence electrons. The molecule has 1 heterocycles. The quantitative estimate of drug-likeness (QED) is 0.591. The van der Waals surface area contributed by atoms with Gasteiger partial charge in [0, 0.05) is 19.2 Å². The average Bonchev–Trinajstić information content (AvgIpc) is 2.66. The number of nitrogens with zero attached hydrogens (tertiary/aromatic N) is 1. The number of benzene rings is 1. The number of carbonyl (C=O) groups is 4. The van der Waals surface area contributed by atoms with Crippen molar-refractivity contribution in [1.82, 2.24) is 10.2 Å². The fourth-order valence-corrected chi connectivity index (χ4v) is 2.72. The lowest BCUT2D eigenvalue weighted by atomic mass is 9.97. The van der Waals surface area contributed by atoms with Crippen LogP contribution in [0.1, 0.15) is 25.3 Å². The van der Waals surface area contributed by atoms with Crippen LogP contribution in [-0.2, 0) is 19.1 Å². The van der Waals surface area contributed by atoms with E-state index in [4.69, 9.17) is 10.5 Å². The Kier molecular flexibility index (Phi) is 7.10. The normalized spacial score (nSPS) is 16.0. The summed E-state index contributed by atoms with van der Waals surface area (Å²) in [6.45, 7) is 2.22. The molecule has 8 nitrogen and oxygen atoms in total. The summed E-state index contributed by atoms with van der Waals surface area (Å²) < 4.78 is 5.08. The van der Waals surface area contributed by atoms with E-state index in [1.54, 1.807) is 11.0 Å². The van der Waals surface area contributed by atoms with Gasteiger partial charge in [-0.3, -0.25) is 19.7 Å². The van der Waals surface area contributed by atoms with E-state index in [2.05, 4.69) is 0 Å². The van der Waals surface area contributed by atoms with Crippen molar-refractivity contribution >= 4 is 29.9 Å². The number of nitrogens with two attached hydrogens (primary N) is 1. The molecular weight excluding hydrogens is 350 g/mol. The van der Waals surface area contributed by atoms with E-state index in [-0.39, 0.29) is 5.91 Å². The summed E-state index contributed by atoms with van der Waals surface area (Å²) in [7, 11) is 0. The van der Waals surface area contributed by atoms with Crippen molar-refractivity contribution in [3.05, 3.63) is 42.0 Å². The van der Waals surface area contributed by atoms with Crippen LogP contribution >= 0.6 is 0 Å². The first-order chi connectivity index (χ1) is 12.9. The lowest BCUT2D eigenvalue weighted by molar-refractivity contribution is -0.160. The molecule has 1 aliphatic heterocycles. The molecule has 1 aromatic rings. The number of imide groups is 1. The van der Waals surface area contributed by atoms with Gasteiger partial charge in [-0.2, -0.15) is 0 Å². The first-order valence-corrected chi connectivity index (χ1v) is 8.69. The number of urea groups is 1. The van der Waals surface area contributed by atoms with Gasteiger partial charge in [-0.15, -0.1) is 0 Å². The van der Waals surface area contributed by atoms with Gasteiger partial charge in [-0.05, 0) is 31.4 Å². The molecule has 8 heteroatoms. The van der Waals surface area contributed by atoms with Crippen LogP contribution in [0.3, 0.4) is 0 Å². The van der Waals surface area contributed by atoms with Crippen LogP contribution in [-0.4, -0.2) is 47.9 Å². The number of amides is 4. The van der Waals surface area contributed by atoms with Gasteiger partial charge in [0.2, 0.25) is 5.91 Å². The van der Waals surface area contributed by atoms with Crippen LogP contribution in [0.5, 0.6) is 0 Å². The zero-order valence-corrected chi connectivity index (χ0v) is 15.1. The van der Waals surface area contributed by atoms with E-state index in [0.29, 0.717) is 25.9 Å². The molecule has 0 spiro atoms. The van der Waals surface area contributed by atoms with Crippen LogP contribution in [0.25, 0.3) is 6.08 Å². The van der Waals surface area contributed by atoms with Crippen molar-refractivity contribution in [3.8, 4) is 0 Å². The summed E-state index contributed by atoms with van der Waals surface area (Å²) in [6, 6.07) is 8.50. The van der Waals surface area contributed by atoms with E-state index in [0.717, 1.165) is 5.56 Å². The number of hydrogen-bond donors (Lipinski definition) is 2. The summed E-state index contributed by atoms with van der Waals surface area (Å²) in [5, 5.41) is 1.86. The fraction of sp³-hybridized carbons (Fsp3) is 0.368. The average molecular weight is 373 g/mol. The number of esters is 1. The zero-order valence-electron chi connectivity index (χ0n) is 15.1. The Labute approximate surface area is 157 Å². The number of hydrogen-bond acceptors (Lipinski definition) is 5. The maximum atomic E-state index is 12.2. The van der Waals surface area contributed by atoms with E-state index in [1.807, 2.05) is 35.6 Å². The predicted octanol–water partition coefficient (Wildman–Crippen LogP) is 1.06. The zero-order chi connectivity index (χ0) is 19.8. The van der Waals surface area contributed by atoms with Gasteiger partial charge in [0.15, 0.2) is 6.10 Å². The third kappa shape index (κ3) is 6.25. The minimum Gasteiger partial charge on any atom is -0.452 e. The van der Waals surface area contributed by atoms with Crippen molar-refractivity contribution in [2.75, 3.05) is 13.1 Å². The van der Waals surface area contributed by atoms with Gasteiger partial charge < -0.3 is 15.4 Å². The topological polar surface area (TPSA) is 119 Å². The van der Waals surface area contributed by atoms with Gasteiger partial charge in [0.05, 0.1) is 5.92 Å². The molecule has 1 unspecified atom stereocenters. The number of primary amides is 1. The third-order valence-electron chi connectivity index (χ3n) is 4.27. The lowest BCUT2D eigenvalue weighted by Gasteiger charge is -2.30. The van der Waals surface area contributed by atoms with E-state index in [1.165, 1.54) is 13.0 Å². The van der Waals surface area contributed by atoms with E-state index in [9.17, 15) is 19.2 Å². The summed E-state index contributed by atoms with van der Waals surface area (Å²) in [5.74, 6) is -1.79. The Morgan fingerprint density at radius 3 is 2.41 bits per heavy atom. The van der Waals surface area contributed by atoms with Crippen molar-refractivity contribution in [1.29, 1.82) is 0 Å². The smallest absolute Gasteiger partial charge is 0.318 e. The van der Waals surface area contributed by atoms with Crippen LogP contribution in [0, 0.1) is 5.92 Å². The Morgan fingerprint density at radius 2 is 1.81 bits per heavy atom. The van der Waals surface area contributed by atoms with E-state index < -0.39 is 29.9 Å². The summed E-state index contributed by atoms with van der Waals surface area (Å²) in [6.07, 6.45) is 3.06. The maximum absolute atomic E-state index is 12.2. The Hall–Kier alpha value is -3.16. The second-order valence-electron chi connectivity index (χ2n) is 6.28. The number of rotatable bonds is 5. The molecule has 0 radical (unpaired) electrons. The minimum absolute atomic E-state index is 0.111.